The zero-order valence-corrected chi connectivity index (χ0v) is 15.7. The van der Waals surface area contributed by atoms with E-state index in [0.29, 0.717) is 5.69 Å². The molecule has 0 spiro atoms. The summed E-state index contributed by atoms with van der Waals surface area (Å²) >= 11 is 3.35. The van der Waals surface area contributed by atoms with Crippen molar-refractivity contribution in [2.75, 3.05) is 4.90 Å². The molecule has 2 aliphatic rings. The van der Waals surface area contributed by atoms with Gasteiger partial charge in [-0.3, -0.25) is 14.4 Å². The van der Waals surface area contributed by atoms with Crippen LogP contribution in [0.25, 0.3) is 0 Å². The summed E-state index contributed by atoms with van der Waals surface area (Å²) in [5, 5.41) is 0. The van der Waals surface area contributed by atoms with Gasteiger partial charge in [0.15, 0.2) is 0 Å². The van der Waals surface area contributed by atoms with E-state index < -0.39 is 11.6 Å². The number of hydrogen-bond donors (Lipinski definition) is 0. The number of carbonyl (C=O) groups excluding carboxylic acids is 3. The Balaban J connectivity index is 1.91. The molecular formula is C18H21BrN2O3. The van der Waals surface area contributed by atoms with Crippen molar-refractivity contribution < 1.29 is 14.4 Å². The Labute approximate surface area is 150 Å². The minimum absolute atomic E-state index is 0.00805. The van der Waals surface area contributed by atoms with Crippen LogP contribution in [0.1, 0.15) is 40.0 Å². The minimum Gasteiger partial charge on any atom is -0.325 e. The molecule has 24 heavy (non-hydrogen) atoms. The van der Waals surface area contributed by atoms with Crippen molar-refractivity contribution in [3.8, 4) is 0 Å². The molecule has 0 N–H and O–H groups in total. The number of rotatable bonds is 3. The molecule has 3 rings (SSSR count). The maximum atomic E-state index is 12.9. The van der Waals surface area contributed by atoms with E-state index in [2.05, 4.69) is 15.9 Å². The third kappa shape index (κ3) is 3.11. The van der Waals surface area contributed by atoms with Gasteiger partial charge in [0.25, 0.3) is 5.91 Å². The van der Waals surface area contributed by atoms with Crippen LogP contribution in [-0.2, 0) is 14.4 Å². The van der Waals surface area contributed by atoms with Crippen molar-refractivity contribution in [1.82, 2.24) is 4.90 Å². The largest absolute Gasteiger partial charge is 0.325 e. The molecule has 1 saturated heterocycles. The lowest BCUT2D eigenvalue weighted by Gasteiger charge is -2.39. The lowest BCUT2D eigenvalue weighted by atomic mass is 10.0. The Morgan fingerprint density at radius 1 is 1.17 bits per heavy atom. The van der Waals surface area contributed by atoms with Crippen molar-refractivity contribution in [3.05, 3.63) is 28.7 Å². The topological polar surface area (TPSA) is 57.7 Å². The van der Waals surface area contributed by atoms with Gasteiger partial charge in [-0.15, -0.1) is 0 Å². The fourth-order valence-electron chi connectivity index (χ4n) is 3.16. The molecule has 0 aromatic heterocycles. The molecule has 3 amide bonds. The average Bonchev–Trinajstić information content (AvgIpc) is 3.28. The Kier molecular flexibility index (Phi) is 4.28. The Hall–Kier alpha value is -1.69. The first-order chi connectivity index (χ1) is 11.2. The SMILES string of the molecule is CC(C)(C)N(C(=O)C1CC1)C1CC(=O)N(c2ccc(Br)cc2)C1=O. The van der Waals surface area contributed by atoms with E-state index in [1.807, 2.05) is 20.8 Å². The second-order valence-corrected chi connectivity index (χ2v) is 8.33. The number of halogens is 1. The van der Waals surface area contributed by atoms with Crippen molar-refractivity contribution in [3.63, 3.8) is 0 Å². The highest BCUT2D eigenvalue weighted by Crippen LogP contribution is 2.37. The first kappa shape index (κ1) is 17.1. The Morgan fingerprint density at radius 2 is 1.75 bits per heavy atom. The van der Waals surface area contributed by atoms with Crippen LogP contribution in [-0.4, -0.2) is 34.2 Å². The number of benzene rings is 1. The van der Waals surface area contributed by atoms with E-state index >= 15 is 0 Å². The number of imide groups is 1. The van der Waals surface area contributed by atoms with E-state index in [-0.39, 0.29) is 30.1 Å². The second-order valence-electron chi connectivity index (χ2n) is 7.42. The summed E-state index contributed by atoms with van der Waals surface area (Å²) in [5.41, 5.74) is 0.0409. The summed E-state index contributed by atoms with van der Waals surface area (Å²) in [4.78, 5) is 41.0. The average molecular weight is 393 g/mol. The standard InChI is InChI=1S/C18H21BrN2O3/c1-18(2,3)21(16(23)11-4-5-11)14-10-15(22)20(17(14)24)13-8-6-12(19)7-9-13/h6-9,11,14H,4-5,10H2,1-3H3. The van der Waals surface area contributed by atoms with Gasteiger partial charge in [0.1, 0.15) is 6.04 Å². The predicted octanol–water partition coefficient (Wildman–Crippen LogP) is 3.12. The van der Waals surface area contributed by atoms with Crippen molar-refractivity contribution >= 4 is 39.3 Å². The van der Waals surface area contributed by atoms with E-state index in [9.17, 15) is 14.4 Å². The van der Waals surface area contributed by atoms with E-state index in [1.165, 1.54) is 4.90 Å². The summed E-state index contributed by atoms with van der Waals surface area (Å²) in [6, 6.07) is 6.33. The van der Waals surface area contributed by atoms with Crippen LogP contribution in [0.2, 0.25) is 0 Å². The Morgan fingerprint density at radius 3 is 2.25 bits per heavy atom. The molecule has 128 valence electrons. The molecule has 6 heteroatoms. The van der Waals surface area contributed by atoms with Crippen LogP contribution in [0.5, 0.6) is 0 Å². The highest BCUT2D eigenvalue weighted by molar-refractivity contribution is 9.10. The molecule has 5 nitrogen and oxygen atoms in total. The summed E-state index contributed by atoms with van der Waals surface area (Å²) < 4.78 is 0.877. The van der Waals surface area contributed by atoms with Gasteiger partial charge in [-0.2, -0.15) is 0 Å². The summed E-state index contributed by atoms with van der Waals surface area (Å²) in [6.07, 6.45) is 1.79. The number of amides is 3. The third-order valence-electron chi connectivity index (χ3n) is 4.41. The van der Waals surface area contributed by atoms with E-state index in [0.717, 1.165) is 17.3 Å². The molecule has 0 radical (unpaired) electrons. The third-order valence-corrected chi connectivity index (χ3v) is 4.93. The maximum Gasteiger partial charge on any atom is 0.257 e. The zero-order chi connectivity index (χ0) is 17.6. The first-order valence-corrected chi connectivity index (χ1v) is 8.95. The van der Waals surface area contributed by atoms with Crippen LogP contribution >= 0.6 is 15.9 Å². The summed E-state index contributed by atoms with van der Waals surface area (Å²) in [6.45, 7) is 5.73. The van der Waals surface area contributed by atoms with Crippen molar-refractivity contribution in [2.24, 2.45) is 5.92 Å². The number of carbonyl (C=O) groups is 3. The zero-order valence-electron chi connectivity index (χ0n) is 14.1. The summed E-state index contributed by atoms with van der Waals surface area (Å²) in [7, 11) is 0. The van der Waals surface area contributed by atoms with Crippen LogP contribution < -0.4 is 4.90 Å². The van der Waals surface area contributed by atoms with Gasteiger partial charge in [0.05, 0.1) is 12.1 Å². The fraction of sp³-hybridized carbons (Fsp3) is 0.500. The number of anilines is 1. The van der Waals surface area contributed by atoms with Crippen LogP contribution in [0, 0.1) is 5.92 Å². The highest BCUT2D eigenvalue weighted by atomic mass is 79.9. The smallest absolute Gasteiger partial charge is 0.257 e. The van der Waals surface area contributed by atoms with Gasteiger partial charge in [-0.1, -0.05) is 15.9 Å². The lowest BCUT2D eigenvalue weighted by Crippen LogP contribution is -2.55. The molecule has 1 aromatic carbocycles. The Bertz CT molecular complexity index is 689. The monoisotopic (exact) mass is 392 g/mol. The van der Waals surface area contributed by atoms with Crippen LogP contribution in [0.3, 0.4) is 0 Å². The van der Waals surface area contributed by atoms with E-state index in [1.54, 1.807) is 29.2 Å². The molecule has 0 bridgehead atoms. The normalized spacial score (nSPS) is 21.3. The summed E-state index contributed by atoms with van der Waals surface area (Å²) in [5.74, 6) is -0.573. The van der Waals surface area contributed by atoms with Crippen molar-refractivity contribution in [2.45, 2.75) is 51.6 Å². The van der Waals surface area contributed by atoms with Crippen LogP contribution in [0.4, 0.5) is 5.69 Å². The molecule has 1 saturated carbocycles. The maximum absolute atomic E-state index is 12.9. The quantitative estimate of drug-likeness (QED) is 0.742. The molecule has 1 aliphatic carbocycles. The van der Waals surface area contributed by atoms with Gasteiger partial charge >= 0.3 is 0 Å². The molecule has 1 atom stereocenters. The highest BCUT2D eigenvalue weighted by Gasteiger charge is 2.49. The molecule has 1 unspecified atom stereocenters. The van der Waals surface area contributed by atoms with E-state index in [4.69, 9.17) is 0 Å². The fourth-order valence-corrected chi connectivity index (χ4v) is 3.42. The van der Waals surface area contributed by atoms with Gasteiger partial charge in [0.2, 0.25) is 11.8 Å². The molecule has 1 aliphatic heterocycles. The molecule has 1 heterocycles. The molecular weight excluding hydrogens is 372 g/mol. The lowest BCUT2D eigenvalue weighted by molar-refractivity contribution is -0.145. The van der Waals surface area contributed by atoms with Crippen LogP contribution in [0.15, 0.2) is 28.7 Å². The van der Waals surface area contributed by atoms with Gasteiger partial charge in [-0.25, -0.2) is 4.90 Å². The van der Waals surface area contributed by atoms with Gasteiger partial charge in [-0.05, 0) is 57.9 Å². The number of hydrogen-bond acceptors (Lipinski definition) is 3. The first-order valence-electron chi connectivity index (χ1n) is 8.15. The van der Waals surface area contributed by atoms with Gasteiger partial charge in [0, 0.05) is 15.9 Å². The molecule has 2 fully saturated rings. The van der Waals surface area contributed by atoms with Crippen molar-refractivity contribution in [1.29, 1.82) is 0 Å². The predicted molar refractivity (Wildman–Crippen MR) is 94.4 cm³/mol. The minimum atomic E-state index is -0.714. The second kappa shape index (κ2) is 5.99. The molecule has 1 aromatic rings. The number of nitrogens with zero attached hydrogens (tertiary/aromatic N) is 2. The van der Waals surface area contributed by atoms with Gasteiger partial charge < -0.3 is 4.90 Å².